The molecule has 1 aliphatic heterocycles. The Morgan fingerprint density at radius 1 is 1.33 bits per heavy atom. The van der Waals surface area contributed by atoms with E-state index in [1.807, 2.05) is 13.8 Å². The van der Waals surface area contributed by atoms with Crippen LogP contribution in [0.1, 0.15) is 25.5 Å². The van der Waals surface area contributed by atoms with Crippen molar-refractivity contribution in [3.63, 3.8) is 0 Å². The van der Waals surface area contributed by atoms with E-state index >= 15 is 0 Å². The van der Waals surface area contributed by atoms with Crippen LogP contribution < -0.4 is 16.7 Å². The van der Waals surface area contributed by atoms with Crippen molar-refractivity contribution in [2.24, 2.45) is 12.1 Å². The van der Waals surface area contributed by atoms with E-state index in [-0.39, 0.29) is 34.3 Å². The zero-order valence-corrected chi connectivity index (χ0v) is 15.6. The van der Waals surface area contributed by atoms with Crippen molar-refractivity contribution < 1.29 is 4.39 Å². The Kier molecular flexibility index (Phi) is 3.92. The fourth-order valence-corrected chi connectivity index (χ4v) is 3.42. The van der Waals surface area contributed by atoms with E-state index < -0.39 is 17.1 Å². The van der Waals surface area contributed by atoms with Gasteiger partial charge in [0.2, 0.25) is 5.95 Å². The molecule has 0 saturated carbocycles. The van der Waals surface area contributed by atoms with Crippen LogP contribution in [-0.2, 0) is 13.6 Å². The van der Waals surface area contributed by atoms with Crippen LogP contribution in [-0.4, -0.2) is 24.4 Å². The van der Waals surface area contributed by atoms with Gasteiger partial charge in [0.25, 0.3) is 5.56 Å². The fourth-order valence-electron chi connectivity index (χ4n) is 3.19. The van der Waals surface area contributed by atoms with Crippen LogP contribution in [0.4, 0.5) is 10.3 Å². The smallest absolute Gasteiger partial charge is 0.294 e. The summed E-state index contributed by atoms with van der Waals surface area (Å²) in [6, 6.07) is 4.00. The molecule has 27 heavy (non-hydrogen) atoms. The van der Waals surface area contributed by atoms with Crippen LogP contribution in [0.15, 0.2) is 32.9 Å². The Morgan fingerprint density at radius 3 is 2.78 bits per heavy atom. The number of aryl methyl sites for hydroxylation is 1. The summed E-state index contributed by atoms with van der Waals surface area (Å²) in [5.74, 6) is -0.207. The van der Waals surface area contributed by atoms with Crippen molar-refractivity contribution in [1.29, 1.82) is 0 Å². The lowest BCUT2D eigenvalue weighted by molar-refractivity contribution is 0.581. The standard InChI is InChI=1S/C17H16ClFN6O2/c1-8-9(2)25-13-14(20-16(25)22-21-8)23(3)17(27)24(15(13)26)7-10-11(18)5-4-6-12(10)19/h4-6,9H,7H2,1-3H3,(H,20,22)/t9-/m1/s1. The predicted octanol–water partition coefficient (Wildman–Crippen LogP) is 2.10. The molecule has 140 valence electrons. The predicted molar refractivity (Wildman–Crippen MR) is 101 cm³/mol. The minimum Gasteiger partial charge on any atom is -0.294 e. The van der Waals surface area contributed by atoms with E-state index in [1.54, 1.807) is 4.57 Å². The second-order valence-electron chi connectivity index (χ2n) is 6.45. The third-order valence-electron chi connectivity index (χ3n) is 4.88. The number of halogens is 2. The third-order valence-corrected chi connectivity index (χ3v) is 5.23. The molecule has 4 rings (SSSR count). The van der Waals surface area contributed by atoms with Gasteiger partial charge < -0.3 is 0 Å². The summed E-state index contributed by atoms with van der Waals surface area (Å²) >= 11 is 6.07. The molecule has 0 unspecified atom stereocenters. The maximum atomic E-state index is 14.2. The van der Waals surface area contributed by atoms with E-state index in [0.29, 0.717) is 5.95 Å². The largest absolute Gasteiger partial charge is 0.332 e. The SMILES string of the molecule is CC1=NNc2nc3c(c(=O)n(Cc4c(F)cccc4Cl)c(=O)n3C)n2[C@@H]1C. The molecular weight excluding hydrogens is 375 g/mol. The first-order valence-corrected chi connectivity index (χ1v) is 8.64. The number of imidazole rings is 1. The van der Waals surface area contributed by atoms with Gasteiger partial charge >= 0.3 is 5.69 Å². The molecule has 0 fully saturated rings. The monoisotopic (exact) mass is 390 g/mol. The van der Waals surface area contributed by atoms with Gasteiger partial charge in [0.1, 0.15) is 5.82 Å². The molecule has 0 saturated heterocycles. The van der Waals surface area contributed by atoms with Gasteiger partial charge in [-0.15, -0.1) is 0 Å². The Bertz CT molecular complexity index is 1220. The second-order valence-corrected chi connectivity index (χ2v) is 6.86. The van der Waals surface area contributed by atoms with Gasteiger partial charge in [0, 0.05) is 17.6 Å². The summed E-state index contributed by atoms with van der Waals surface area (Å²) in [6.45, 7) is 3.43. The average molecular weight is 391 g/mol. The van der Waals surface area contributed by atoms with Gasteiger partial charge in [-0.25, -0.2) is 14.6 Å². The lowest BCUT2D eigenvalue weighted by Gasteiger charge is -2.21. The normalized spacial score (nSPS) is 16.2. The molecule has 1 N–H and O–H groups in total. The minimum absolute atomic E-state index is 0.0833. The van der Waals surface area contributed by atoms with Crippen LogP contribution >= 0.6 is 11.6 Å². The maximum absolute atomic E-state index is 14.2. The summed E-state index contributed by atoms with van der Waals surface area (Å²) in [5, 5.41) is 4.31. The number of hydrazone groups is 1. The first kappa shape index (κ1) is 17.5. The molecule has 1 atom stereocenters. The van der Waals surface area contributed by atoms with Crippen LogP contribution in [0.5, 0.6) is 0 Å². The highest BCUT2D eigenvalue weighted by Crippen LogP contribution is 2.26. The summed E-state index contributed by atoms with van der Waals surface area (Å²) in [7, 11) is 1.51. The molecule has 0 aliphatic carbocycles. The van der Waals surface area contributed by atoms with Gasteiger partial charge in [-0.2, -0.15) is 10.1 Å². The number of nitrogens with zero attached hydrogens (tertiary/aromatic N) is 5. The van der Waals surface area contributed by atoms with Crippen LogP contribution in [0.2, 0.25) is 5.02 Å². The molecule has 8 nitrogen and oxygen atoms in total. The molecule has 3 aromatic rings. The van der Waals surface area contributed by atoms with Crippen molar-refractivity contribution in [2.75, 3.05) is 5.43 Å². The van der Waals surface area contributed by atoms with E-state index in [1.165, 1.54) is 29.8 Å². The van der Waals surface area contributed by atoms with Gasteiger partial charge in [-0.05, 0) is 26.0 Å². The number of nitrogens with one attached hydrogen (secondary N) is 1. The zero-order valence-electron chi connectivity index (χ0n) is 14.8. The van der Waals surface area contributed by atoms with Crippen LogP contribution in [0.25, 0.3) is 11.2 Å². The molecule has 0 radical (unpaired) electrons. The molecular formula is C17H16ClFN6O2. The number of hydrogen-bond donors (Lipinski definition) is 1. The van der Waals surface area contributed by atoms with Crippen molar-refractivity contribution in [1.82, 2.24) is 18.7 Å². The summed E-state index contributed by atoms with van der Waals surface area (Å²) in [4.78, 5) is 30.3. The molecule has 2 aromatic heterocycles. The van der Waals surface area contributed by atoms with Gasteiger partial charge in [0.05, 0.1) is 18.3 Å². The highest BCUT2D eigenvalue weighted by atomic mass is 35.5. The molecule has 0 amide bonds. The second kappa shape index (κ2) is 6.05. The minimum atomic E-state index is -0.604. The zero-order chi connectivity index (χ0) is 19.5. The average Bonchev–Trinajstić information content (AvgIpc) is 3.03. The van der Waals surface area contributed by atoms with Crippen molar-refractivity contribution in [3.05, 3.63) is 55.4 Å². The number of hydrogen-bond acceptors (Lipinski definition) is 5. The molecule has 0 bridgehead atoms. The first-order valence-electron chi connectivity index (χ1n) is 8.26. The number of anilines is 1. The lowest BCUT2D eigenvalue weighted by Crippen LogP contribution is -2.40. The number of aromatic nitrogens is 4. The molecule has 0 spiro atoms. The highest BCUT2D eigenvalue weighted by Gasteiger charge is 2.27. The topological polar surface area (TPSA) is 86.2 Å². The van der Waals surface area contributed by atoms with Gasteiger partial charge in [-0.1, -0.05) is 17.7 Å². The Morgan fingerprint density at radius 2 is 2.07 bits per heavy atom. The quantitative estimate of drug-likeness (QED) is 0.726. The lowest BCUT2D eigenvalue weighted by atomic mass is 10.2. The molecule has 1 aromatic carbocycles. The van der Waals surface area contributed by atoms with Crippen molar-refractivity contribution in [3.8, 4) is 0 Å². The Hall–Kier alpha value is -2.94. The van der Waals surface area contributed by atoms with Gasteiger partial charge in [-0.3, -0.25) is 18.5 Å². The Balaban J connectivity index is 2.01. The highest BCUT2D eigenvalue weighted by molar-refractivity contribution is 6.31. The summed E-state index contributed by atoms with van der Waals surface area (Å²) < 4.78 is 18.1. The van der Waals surface area contributed by atoms with E-state index in [2.05, 4.69) is 15.5 Å². The fraction of sp³-hybridized carbons (Fsp3) is 0.294. The Labute approximate surface area is 157 Å². The van der Waals surface area contributed by atoms with Crippen LogP contribution in [0.3, 0.4) is 0 Å². The molecule has 3 heterocycles. The number of fused-ring (bicyclic) bond motifs is 3. The van der Waals surface area contributed by atoms with Crippen molar-refractivity contribution in [2.45, 2.75) is 26.4 Å². The van der Waals surface area contributed by atoms with Gasteiger partial charge in [0.15, 0.2) is 11.2 Å². The summed E-state index contributed by atoms with van der Waals surface area (Å²) in [6.07, 6.45) is 0. The maximum Gasteiger partial charge on any atom is 0.332 e. The number of rotatable bonds is 2. The number of benzene rings is 1. The molecule has 1 aliphatic rings. The van der Waals surface area contributed by atoms with E-state index in [0.717, 1.165) is 10.3 Å². The molecule has 10 heteroatoms. The van der Waals surface area contributed by atoms with Crippen LogP contribution in [0, 0.1) is 5.82 Å². The third kappa shape index (κ3) is 2.49. The summed E-state index contributed by atoms with van der Waals surface area (Å²) in [5.41, 5.74) is 2.95. The first-order chi connectivity index (χ1) is 12.8. The van der Waals surface area contributed by atoms with Crippen molar-refractivity contribution >= 4 is 34.4 Å². The van der Waals surface area contributed by atoms with E-state index in [4.69, 9.17) is 11.6 Å². The van der Waals surface area contributed by atoms with E-state index in [9.17, 15) is 14.0 Å².